The first-order valence-electron chi connectivity index (χ1n) is 9.87. The van der Waals surface area contributed by atoms with Crippen LogP contribution in [-0.2, 0) is 6.54 Å². The summed E-state index contributed by atoms with van der Waals surface area (Å²) in [7, 11) is 1.41. The van der Waals surface area contributed by atoms with E-state index in [0.717, 1.165) is 13.0 Å². The molecule has 0 unspecified atom stereocenters. The fourth-order valence-electron chi connectivity index (χ4n) is 3.52. The predicted molar refractivity (Wildman–Crippen MR) is 133 cm³/mol. The highest BCUT2D eigenvalue weighted by atomic mass is 127. The van der Waals surface area contributed by atoms with Gasteiger partial charge >= 0.3 is 5.69 Å². The summed E-state index contributed by atoms with van der Waals surface area (Å²) in [5.74, 6) is -0.0883. The van der Waals surface area contributed by atoms with Gasteiger partial charge in [0.25, 0.3) is 5.56 Å². The van der Waals surface area contributed by atoms with E-state index in [2.05, 4.69) is 27.6 Å². The molecule has 3 rings (SSSR count). The molecule has 0 radical (unpaired) electrons. The van der Waals surface area contributed by atoms with Crippen molar-refractivity contribution in [1.82, 2.24) is 9.13 Å². The van der Waals surface area contributed by atoms with Crippen LogP contribution in [0.1, 0.15) is 37.1 Å². The lowest BCUT2D eigenvalue weighted by molar-refractivity contribution is 0.151. The van der Waals surface area contributed by atoms with E-state index in [1.807, 2.05) is 0 Å². The van der Waals surface area contributed by atoms with Crippen molar-refractivity contribution >= 4 is 50.0 Å². The first-order chi connectivity index (χ1) is 15.1. The van der Waals surface area contributed by atoms with Crippen LogP contribution in [-0.4, -0.2) is 33.7 Å². The Balaban J connectivity index is 2.26. The molecule has 0 aliphatic rings. The van der Waals surface area contributed by atoms with Gasteiger partial charge < -0.3 is 15.6 Å². The zero-order valence-corrected chi connectivity index (χ0v) is 21.0. The Kier molecular flexibility index (Phi) is 7.40. The lowest BCUT2D eigenvalue weighted by Gasteiger charge is -2.20. The second-order valence-corrected chi connectivity index (χ2v) is 10.0. The highest BCUT2D eigenvalue weighted by Crippen LogP contribution is 2.31. The van der Waals surface area contributed by atoms with Crippen molar-refractivity contribution in [3.8, 4) is 5.75 Å². The largest absolute Gasteiger partial charge is 0.496 e. The lowest BCUT2D eigenvalue weighted by atomic mass is 10.1. The van der Waals surface area contributed by atoms with E-state index in [0.29, 0.717) is 22.5 Å². The number of nitrogens with two attached hydrogens (primary N) is 1. The van der Waals surface area contributed by atoms with E-state index < -0.39 is 29.2 Å². The number of hydrogen-bond acceptors (Lipinski definition) is 6. The third kappa shape index (κ3) is 4.33. The minimum Gasteiger partial charge on any atom is -0.496 e. The Labute approximate surface area is 201 Å². The van der Waals surface area contributed by atoms with Crippen molar-refractivity contribution < 1.29 is 14.2 Å². The van der Waals surface area contributed by atoms with Crippen LogP contribution in [0.15, 0.2) is 32.8 Å². The minimum absolute atomic E-state index is 0.160. The fraction of sp³-hybridized carbons (Fsp3) is 0.381. The molecular weight excluding hydrogens is 550 g/mol. The second kappa shape index (κ2) is 9.71. The number of aryl methyl sites for hydroxylation is 1. The van der Waals surface area contributed by atoms with Gasteiger partial charge in [-0.3, -0.25) is 14.4 Å². The van der Waals surface area contributed by atoms with Gasteiger partial charge in [-0.25, -0.2) is 13.8 Å². The molecule has 11 heteroatoms. The van der Waals surface area contributed by atoms with Gasteiger partial charge in [-0.05, 0) is 67.1 Å². The molecule has 3 N–H and O–H groups in total. The van der Waals surface area contributed by atoms with E-state index in [1.165, 1.54) is 41.2 Å². The highest BCUT2D eigenvalue weighted by Gasteiger charge is 2.25. The van der Waals surface area contributed by atoms with E-state index >= 15 is 0 Å². The molecule has 0 aliphatic carbocycles. The van der Waals surface area contributed by atoms with Gasteiger partial charge in [0, 0.05) is 12.1 Å². The van der Waals surface area contributed by atoms with E-state index in [4.69, 9.17) is 10.5 Å². The zero-order valence-electron chi connectivity index (χ0n) is 18.1. The number of halogens is 2. The van der Waals surface area contributed by atoms with Crippen LogP contribution in [0, 0.1) is 15.6 Å². The molecular formula is C21H24FIN4O4S. The van der Waals surface area contributed by atoms with Crippen LogP contribution in [0.3, 0.4) is 0 Å². The van der Waals surface area contributed by atoms with Crippen molar-refractivity contribution in [3.05, 3.63) is 58.9 Å². The van der Waals surface area contributed by atoms with Gasteiger partial charge in [-0.2, -0.15) is 0 Å². The number of aromatic nitrogens is 2. The van der Waals surface area contributed by atoms with Crippen LogP contribution in [0.5, 0.6) is 5.75 Å². The second-order valence-electron chi connectivity index (χ2n) is 7.23. The summed E-state index contributed by atoms with van der Waals surface area (Å²) in [5.41, 5.74) is 5.88. The number of thiophene rings is 1. The molecule has 0 amide bonds. The first-order valence-corrected chi connectivity index (χ1v) is 11.8. The van der Waals surface area contributed by atoms with E-state index in [1.54, 1.807) is 20.8 Å². The molecule has 172 valence electrons. The smallest absolute Gasteiger partial charge is 0.332 e. The normalized spacial score (nSPS) is 14.0. The van der Waals surface area contributed by atoms with Gasteiger partial charge in [0.1, 0.15) is 28.3 Å². The molecule has 0 aliphatic heterocycles. The van der Waals surface area contributed by atoms with Gasteiger partial charge in [0.2, 0.25) is 0 Å². The average Bonchev–Trinajstić information content (AvgIpc) is 3.05. The predicted octanol–water partition coefficient (Wildman–Crippen LogP) is 2.96. The molecule has 2 aromatic heterocycles. The fourth-order valence-corrected chi connectivity index (χ4v) is 5.45. The summed E-state index contributed by atoms with van der Waals surface area (Å²) in [4.78, 5) is 31.3. The molecule has 1 aromatic carbocycles. The van der Waals surface area contributed by atoms with Gasteiger partial charge in [0.05, 0.1) is 28.0 Å². The number of fused-ring (bicyclic) bond motifs is 1. The quantitative estimate of drug-likeness (QED) is 0.256. The topological polar surface area (TPSA) is 112 Å². The Hall–Kier alpha value is -2.25. The number of methoxy groups -OCH3 is 1. The maximum absolute atomic E-state index is 13.8. The van der Waals surface area contributed by atoms with E-state index in [-0.39, 0.29) is 17.9 Å². The molecule has 0 fully saturated rings. The van der Waals surface area contributed by atoms with Gasteiger partial charge in [-0.15, -0.1) is 11.3 Å². The Morgan fingerprint density at radius 1 is 1.41 bits per heavy atom. The molecule has 3 aromatic rings. The molecule has 0 bridgehead atoms. The Bertz CT molecular complexity index is 1310. The summed E-state index contributed by atoms with van der Waals surface area (Å²) in [5, 5.41) is 11.3. The number of rotatable bonds is 7. The van der Waals surface area contributed by atoms with Crippen LogP contribution < -0.4 is 21.7 Å². The third-order valence-electron chi connectivity index (χ3n) is 5.25. The summed E-state index contributed by atoms with van der Waals surface area (Å²) < 4.78 is 22.3. The maximum Gasteiger partial charge on any atom is 0.332 e. The molecule has 32 heavy (non-hydrogen) atoms. The highest BCUT2D eigenvalue weighted by molar-refractivity contribution is 14.1. The standard InChI is InChI=1S/C21H24FIN4O4S/c1-5-25-18(24)11(3)27-19(29)16-10(2)17(23)32-20(16)26(21(27)30)9-14(28)13-8-12(22)6-7-15(13)31-4/h6-8,11,14,28H,5,9H2,1-4H3,(H2,24,25)/t11-,14+/m1/s1. The van der Waals surface area contributed by atoms with Crippen molar-refractivity contribution in [1.29, 1.82) is 0 Å². The number of ether oxygens (including phenoxy) is 1. The third-order valence-corrected chi connectivity index (χ3v) is 7.82. The summed E-state index contributed by atoms with van der Waals surface area (Å²) in [6, 6.07) is 3.03. The van der Waals surface area contributed by atoms with Crippen LogP contribution in [0.25, 0.3) is 10.2 Å². The lowest BCUT2D eigenvalue weighted by Crippen LogP contribution is -2.45. The summed E-state index contributed by atoms with van der Waals surface area (Å²) in [6.07, 6.45) is -1.26. The number of aliphatic imine (C=N–C) groups is 1. The minimum atomic E-state index is -1.26. The molecule has 0 saturated carbocycles. The van der Waals surface area contributed by atoms with Gasteiger partial charge in [-0.1, -0.05) is 0 Å². The molecule has 8 nitrogen and oxygen atoms in total. The molecule has 0 saturated heterocycles. The van der Waals surface area contributed by atoms with Gasteiger partial charge in [0.15, 0.2) is 0 Å². The number of benzene rings is 1. The van der Waals surface area contributed by atoms with Crippen molar-refractivity contribution in [2.75, 3.05) is 13.7 Å². The molecule has 2 atom stereocenters. The number of aliphatic hydroxyl groups is 1. The van der Waals surface area contributed by atoms with Crippen molar-refractivity contribution in [2.24, 2.45) is 10.7 Å². The SMILES string of the molecule is CCN=C(N)[C@@H](C)n1c(=O)c2c(C)c(I)sc2n(C[C@H](O)c2cc(F)ccc2OC)c1=O. The van der Waals surface area contributed by atoms with Crippen LogP contribution >= 0.6 is 33.9 Å². The Morgan fingerprint density at radius 3 is 2.72 bits per heavy atom. The maximum atomic E-state index is 13.8. The van der Waals surface area contributed by atoms with Crippen LogP contribution in [0.4, 0.5) is 4.39 Å². The van der Waals surface area contributed by atoms with Crippen LogP contribution in [0.2, 0.25) is 0 Å². The number of aliphatic hydroxyl groups excluding tert-OH is 1. The Morgan fingerprint density at radius 2 is 2.09 bits per heavy atom. The summed E-state index contributed by atoms with van der Waals surface area (Å²) >= 11 is 3.40. The molecule has 0 spiro atoms. The first kappa shape index (κ1) is 24.4. The van der Waals surface area contributed by atoms with Crippen molar-refractivity contribution in [2.45, 2.75) is 39.5 Å². The monoisotopic (exact) mass is 574 g/mol. The number of hydrogen-bond donors (Lipinski definition) is 2. The molecule has 2 heterocycles. The van der Waals surface area contributed by atoms with E-state index in [9.17, 15) is 19.1 Å². The average molecular weight is 574 g/mol. The zero-order chi connectivity index (χ0) is 23.7. The summed E-state index contributed by atoms with van der Waals surface area (Å²) in [6.45, 7) is 5.45. The number of amidine groups is 1. The van der Waals surface area contributed by atoms with Crippen molar-refractivity contribution in [3.63, 3.8) is 0 Å². The number of nitrogens with zero attached hydrogens (tertiary/aromatic N) is 3.